The SMILES string of the molecule is CCC1CN(Cc2cccc3c2NCC3)CCO1. The quantitative estimate of drug-likeness (QED) is 0.885. The van der Waals surface area contributed by atoms with Crippen LogP contribution in [0, 0.1) is 0 Å². The summed E-state index contributed by atoms with van der Waals surface area (Å²) in [6.07, 6.45) is 2.70. The summed E-state index contributed by atoms with van der Waals surface area (Å²) in [6, 6.07) is 6.69. The number of hydrogen-bond donors (Lipinski definition) is 1. The van der Waals surface area contributed by atoms with Crippen LogP contribution in [0.4, 0.5) is 5.69 Å². The average molecular weight is 246 g/mol. The molecule has 1 unspecified atom stereocenters. The van der Waals surface area contributed by atoms with Crippen LogP contribution in [0.2, 0.25) is 0 Å². The Hall–Kier alpha value is -1.06. The van der Waals surface area contributed by atoms with Crippen LogP contribution in [-0.4, -0.2) is 37.2 Å². The minimum Gasteiger partial charge on any atom is -0.384 e. The molecule has 0 bridgehead atoms. The summed E-state index contributed by atoms with van der Waals surface area (Å²) >= 11 is 0. The van der Waals surface area contributed by atoms with Crippen LogP contribution in [0.15, 0.2) is 18.2 Å². The zero-order valence-electron chi connectivity index (χ0n) is 11.1. The first-order valence-electron chi connectivity index (χ1n) is 7.05. The molecular weight excluding hydrogens is 224 g/mol. The van der Waals surface area contributed by atoms with E-state index in [0.717, 1.165) is 39.2 Å². The number of para-hydroxylation sites is 1. The molecule has 0 radical (unpaired) electrons. The summed E-state index contributed by atoms with van der Waals surface area (Å²) in [7, 11) is 0. The van der Waals surface area contributed by atoms with E-state index in [9.17, 15) is 0 Å². The summed E-state index contributed by atoms with van der Waals surface area (Å²) in [4.78, 5) is 2.52. The van der Waals surface area contributed by atoms with Gasteiger partial charge in [-0.05, 0) is 24.0 Å². The molecule has 2 heterocycles. The molecule has 0 saturated carbocycles. The van der Waals surface area contributed by atoms with Crippen LogP contribution in [0.1, 0.15) is 24.5 Å². The molecule has 1 aromatic rings. The molecule has 0 aliphatic carbocycles. The van der Waals surface area contributed by atoms with Crippen molar-refractivity contribution in [3.63, 3.8) is 0 Å². The van der Waals surface area contributed by atoms with Crippen molar-refractivity contribution in [2.45, 2.75) is 32.4 Å². The van der Waals surface area contributed by atoms with E-state index in [0.29, 0.717) is 6.10 Å². The molecule has 3 nitrogen and oxygen atoms in total. The lowest BCUT2D eigenvalue weighted by Crippen LogP contribution is -2.41. The minimum absolute atomic E-state index is 0.420. The van der Waals surface area contributed by atoms with Gasteiger partial charge in [0.15, 0.2) is 0 Å². The Kier molecular flexibility index (Phi) is 3.52. The second kappa shape index (κ2) is 5.29. The number of rotatable bonds is 3. The molecule has 2 aliphatic heterocycles. The van der Waals surface area contributed by atoms with E-state index in [1.807, 2.05) is 0 Å². The Balaban J connectivity index is 1.71. The third-order valence-electron chi connectivity index (χ3n) is 4.01. The minimum atomic E-state index is 0.420. The molecule has 1 fully saturated rings. The Labute approximate surface area is 109 Å². The first-order chi connectivity index (χ1) is 8.86. The summed E-state index contributed by atoms with van der Waals surface area (Å²) in [5.74, 6) is 0. The second-order valence-corrected chi connectivity index (χ2v) is 5.26. The molecule has 3 rings (SSSR count). The van der Waals surface area contributed by atoms with E-state index in [1.54, 1.807) is 0 Å². The summed E-state index contributed by atoms with van der Waals surface area (Å²) in [5.41, 5.74) is 4.31. The van der Waals surface area contributed by atoms with E-state index in [1.165, 1.54) is 23.2 Å². The van der Waals surface area contributed by atoms with Crippen molar-refractivity contribution in [2.75, 3.05) is 31.6 Å². The Bertz CT molecular complexity index is 419. The predicted octanol–water partition coefficient (Wildman–Crippen LogP) is 2.27. The molecule has 0 aromatic heterocycles. The van der Waals surface area contributed by atoms with E-state index in [4.69, 9.17) is 4.74 Å². The number of nitrogens with zero attached hydrogens (tertiary/aromatic N) is 1. The van der Waals surface area contributed by atoms with Gasteiger partial charge in [0.05, 0.1) is 12.7 Å². The zero-order valence-corrected chi connectivity index (χ0v) is 11.1. The van der Waals surface area contributed by atoms with Crippen molar-refractivity contribution >= 4 is 5.69 Å². The highest BCUT2D eigenvalue weighted by molar-refractivity contribution is 5.61. The number of hydrogen-bond acceptors (Lipinski definition) is 3. The molecule has 1 saturated heterocycles. The van der Waals surface area contributed by atoms with E-state index in [2.05, 4.69) is 35.3 Å². The first-order valence-corrected chi connectivity index (χ1v) is 7.05. The lowest BCUT2D eigenvalue weighted by atomic mass is 10.1. The van der Waals surface area contributed by atoms with Gasteiger partial charge in [0, 0.05) is 31.9 Å². The highest BCUT2D eigenvalue weighted by Crippen LogP contribution is 2.27. The molecule has 1 N–H and O–H groups in total. The number of anilines is 1. The van der Waals surface area contributed by atoms with Gasteiger partial charge < -0.3 is 10.1 Å². The van der Waals surface area contributed by atoms with Gasteiger partial charge in [-0.1, -0.05) is 25.1 Å². The lowest BCUT2D eigenvalue weighted by molar-refractivity contribution is -0.0324. The molecule has 3 heteroatoms. The Morgan fingerprint density at radius 1 is 1.44 bits per heavy atom. The monoisotopic (exact) mass is 246 g/mol. The smallest absolute Gasteiger partial charge is 0.0700 e. The van der Waals surface area contributed by atoms with Gasteiger partial charge in [0.1, 0.15) is 0 Å². The standard InChI is InChI=1S/C15H22N2O/c1-2-14-11-17(8-9-18-14)10-13-5-3-4-12-6-7-16-15(12)13/h3-5,14,16H,2,6-11H2,1H3. The van der Waals surface area contributed by atoms with Crippen molar-refractivity contribution in [3.8, 4) is 0 Å². The highest BCUT2D eigenvalue weighted by atomic mass is 16.5. The Morgan fingerprint density at radius 2 is 2.39 bits per heavy atom. The fourth-order valence-electron chi connectivity index (χ4n) is 2.95. The van der Waals surface area contributed by atoms with E-state index < -0.39 is 0 Å². The number of nitrogens with one attached hydrogen (secondary N) is 1. The van der Waals surface area contributed by atoms with E-state index in [-0.39, 0.29) is 0 Å². The molecule has 0 amide bonds. The van der Waals surface area contributed by atoms with Crippen molar-refractivity contribution in [3.05, 3.63) is 29.3 Å². The summed E-state index contributed by atoms with van der Waals surface area (Å²) < 4.78 is 5.73. The van der Waals surface area contributed by atoms with Gasteiger partial charge in [-0.3, -0.25) is 4.90 Å². The fourth-order valence-corrected chi connectivity index (χ4v) is 2.95. The molecular formula is C15H22N2O. The van der Waals surface area contributed by atoms with Crippen molar-refractivity contribution in [1.29, 1.82) is 0 Å². The van der Waals surface area contributed by atoms with Crippen LogP contribution < -0.4 is 5.32 Å². The van der Waals surface area contributed by atoms with Crippen molar-refractivity contribution in [2.24, 2.45) is 0 Å². The molecule has 98 valence electrons. The number of benzene rings is 1. The van der Waals surface area contributed by atoms with Gasteiger partial charge in [0.25, 0.3) is 0 Å². The van der Waals surface area contributed by atoms with Gasteiger partial charge in [0.2, 0.25) is 0 Å². The van der Waals surface area contributed by atoms with Crippen LogP contribution in [-0.2, 0) is 17.7 Å². The van der Waals surface area contributed by atoms with Gasteiger partial charge in [-0.2, -0.15) is 0 Å². The maximum atomic E-state index is 5.73. The van der Waals surface area contributed by atoms with E-state index >= 15 is 0 Å². The lowest BCUT2D eigenvalue weighted by Gasteiger charge is -2.32. The largest absolute Gasteiger partial charge is 0.384 e. The predicted molar refractivity (Wildman–Crippen MR) is 73.9 cm³/mol. The maximum absolute atomic E-state index is 5.73. The molecule has 2 aliphatic rings. The number of fused-ring (bicyclic) bond motifs is 1. The molecule has 18 heavy (non-hydrogen) atoms. The molecule has 1 atom stereocenters. The number of morpholine rings is 1. The first kappa shape index (κ1) is 12.0. The fraction of sp³-hybridized carbons (Fsp3) is 0.600. The van der Waals surface area contributed by atoms with Crippen LogP contribution >= 0.6 is 0 Å². The van der Waals surface area contributed by atoms with Gasteiger partial charge in [-0.25, -0.2) is 0 Å². The number of ether oxygens (including phenoxy) is 1. The second-order valence-electron chi connectivity index (χ2n) is 5.26. The third kappa shape index (κ3) is 2.38. The maximum Gasteiger partial charge on any atom is 0.0700 e. The zero-order chi connectivity index (χ0) is 12.4. The van der Waals surface area contributed by atoms with Crippen molar-refractivity contribution < 1.29 is 4.74 Å². The topological polar surface area (TPSA) is 24.5 Å². The van der Waals surface area contributed by atoms with Crippen LogP contribution in [0.3, 0.4) is 0 Å². The van der Waals surface area contributed by atoms with Gasteiger partial charge in [-0.15, -0.1) is 0 Å². The van der Waals surface area contributed by atoms with Crippen molar-refractivity contribution in [1.82, 2.24) is 4.90 Å². The Morgan fingerprint density at radius 3 is 3.28 bits per heavy atom. The van der Waals surface area contributed by atoms with Crippen LogP contribution in [0.25, 0.3) is 0 Å². The summed E-state index contributed by atoms with van der Waals surface area (Å²) in [6.45, 7) is 7.35. The third-order valence-corrected chi connectivity index (χ3v) is 4.01. The average Bonchev–Trinajstić information content (AvgIpc) is 2.88. The molecule has 0 spiro atoms. The van der Waals surface area contributed by atoms with Crippen LogP contribution in [0.5, 0.6) is 0 Å². The highest BCUT2D eigenvalue weighted by Gasteiger charge is 2.21. The van der Waals surface area contributed by atoms with Gasteiger partial charge >= 0.3 is 0 Å². The normalized spacial score (nSPS) is 23.7. The summed E-state index contributed by atoms with van der Waals surface area (Å²) in [5, 5.41) is 3.53. The molecule has 1 aromatic carbocycles.